The highest BCUT2D eigenvalue weighted by Gasteiger charge is 2.30. The van der Waals surface area contributed by atoms with Crippen LogP contribution in [0.3, 0.4) is 0 Å². The van der Waals surface area contributed by atoms with Gasteiger partial charge in [0.25, 0.3) is 0 Å². The molecule has 0 bridgehead atoms. The summed E-state index contributed by atoms with van der Waals surface area (Å²) in [5.41, 5.74) is 4.17. The van der Waals surface area contributed by atoms with Crippen molar-refractivity contribution in [3.05, 3.63) is 105 Å². The zero-order chi connectivity index (χ0) is 26.8. The number of thioether (sulfide) groups is 1. The number of aryl methyl sites for hydroxylation is 1. The number of nitrogens with one attached hydrogen (secondary N) is 1. The largest absolute Gasteiger partial charge is 0.354 e. The highest BCUT2D eigenvalue weighted by Crippen LogP contribution is 2.25. The first kappa shape index (κ1) is 29.1. The molecule has 0 saturated heterocycles. The fourth-order valence-electron chi connectivity index (χ4n) is 3.95. The van der Waals surface area contributed by atoms with Gasteiger partial charge >= 0.3 is 0 Å². The van der Waals surface area contributed by atoms with E-state index in [0.717, 1.165) is 16.9 Å². The highest BCUT2D eigenvalue weighted by molar-refractivity contribution is 7.99. The average molecular weight is 558 g/mol. The Morgan fingerprint density at radius 1 is 0.892 bits per heavy atom. The second kappa shape index (κ2) is 14.5. The van der Waals surface area contributed by atoms with E-state index in [1.54, 1.807) is 28.8 Å². The first-order valence-electron chi connectivity index (χ1n) is 12.4. The molecule has 7 heteroatoms. The minimum absolute atomic E-state index is 0.0932. The van der Waals surface area contributed by atoms with Crippen LogP contribution in [0.4, 0.5) is 0 Å². The monoisotopic (exact) mass is 556 g/mol. The van der Waals surface area contributed by atoms with E-state index in [-0.39, 0.29) is 24.1 Å². The second-order valence-electron chi connectivity index (χ2n) is 9.60. The lowest BCUT2D eigenvalue weighted by atomic mass is 10.0. The summed E-state index contributed by atoms with van der Waals surface area (Å²) in [6, 6.07) is 22.7. The van der Waals surface area contributed by atoms with Gasteiger partial charge in [0.2, 0.25) is 11.8 Å². The van der Waals surface area contributed by atoms with Crippen LogP contribution in [0, 0.1) is 12.8 Å². The van der Waals surface area contributed by atoms with Gasteiger partial charge in [-0.25, -0.2) is 0 Å². The zero-order valence-corrected chi connectivity index (χ0v) is 23.9. The molecule has 1 atom stereocenters. The van der Waals surface area contributed by atoms with Crippen LogP contribution in [0.25, 0.3) is 0 Å². The van der Waals surface area contributed by atoms with Crippen LogP contribution in [-0.4, -0.2) is 35.1 Å². The molecule has 0 fully saturated rings. The van der Waals surface area contributed by atoms with Crippen molar-refractivity contribution >= 4 is 46.8 Å². The van der Waals surface area contributed by atoms with E-state index in [9.17, 15) is 9.59 Å². The number of benzene rings is 3. The van der Waals surface area contributed by atoms with Gasteiger partial charge in [0.15, 0.2) is 0 Å². The average Bonchev–Trinajstić information content (AvgIpc) is 2.87. The summed E-state index contributed by atoms with van der Waals surface area (Å²) in [6.45, 7) is 6.96. The van der Waals surface area contributed by atoms with E-state index >= 15 is 0 Å². The highest BCUT2D eigenvalue weighted by atomic mass is 35.5. The lowest BCUT2D eigenvalue weighted by molar-refractivity contribution is -0.139. The number of rotatable bonds is 12. The molecular formula is C30H34Cl2N2O2S. The van der Waals surface area contributed by atoms with Crippen molar-refractivity contribution < 1.29 is 9.59 Å². The standard InChI is InChI=1S/C30H34Cl2N2O2S/c1-21(2)17-33-30(36)28(16-23-9-5-4-6-10-23)34(18-24-12-13-26(31)27(32)15-24)29(35)20-37-19-25-11-7-8-22(3)14-25/h4-15,21,28H,16-20H2,1-3H3,(H,33,36)/t28-/m1/s1. The molecule has 196 valence electrons. The number of halogens is 2. The molecule has 3 aromatic rings. The molecule has 0 saturated carbocycles. The summed E-state index contributed by atoms with van der Waals surface area (Å²) in [4.78, 5) is 28.9. The lowest BCUT2D eigenvalue weighted by Gasteiger charge is -2.32. The van der Waals surface area contributed by atoms with Crippen molar-refractivity contribution in [2.24, 2.45) is 5.92 Å². The number of hydrogen-bond donors (Lipinski definition) is 1. The Hall–Kier alpha value is -2.47. The maximum Gasteiger partial charge on any atom is 0.243 e. The third kappa shape index (κ3) is 9.41. The zero-order valence-electron chi connectivity index (χ0n) is 21.5. The van der Waals surface area contributed by atoms with Crippen molar-refractivity contribution in [2.75, 3.05) is 12.3 Å². The van der Waals surface area contributed by atoms with E-state index in [4.69, 9.17) is 23.2 Å². The molecule has 0 unspecified atom stereocenters. The molecule has 37 heavy (non-hydrogen) atoms. The molecule has 0 aliphatic carbocycles. The molecular weight excluding hydrogens is 523 g/mol. The summed E-state index contributed by atoms with van der Waals surface area (Å²) < 4.78 is 0. The molecule has 4 nitrogen and oxygen atoms in total. The molecule has 0 aromatic heterocycles. The van der Waals surface area contributed by atoms with Crippen molar-refractivity contribution in [2.45, 2.75) is 45.5 Å². The minimum Gasteiger partial charge on any atom is -0.354 e. The summed E-state index contributed by atoms with van der Waals surface area (Å²) in [5, 5.41) is 3.92. The maximum atomic E-state index is 13.7. The minimum atomic E-state index is -0.664. The fraction of sp³-hybridized carbons (Fsp3) is 0.333. The van der Waals surface area contributed by atoms with Crippen molar-refractivity contribution in [3.63, 3.8) is 0 Å². The first-order valence-corrected chi connectivity index (χ1v) is 14.3. The second-order valence-corrected chi connectivity index (χ2v) is 11.4. The molecule has 2 amide bonds. The van der Waals surface area contributed by atoms with Crippen LogP contribution >= 0.6 is 35.0 Å². The molecule has 1 N–H and O–H groups in total. The van der Waals surface area contributed by atoms with E-state index in [1.807, 2.05) is 56.3 Å². The SMILES string of the molecule is Cc1cccc(CSCC(=O)N(Cc2ccc(Cl)c(Cl)c2)[C@H](Cc2ccccc2)C(=O)NCC(C)C)c1. The van der Waals surface area contributed by atoms with Crippen LogP contribution in [0.2, 0.25) is 10.0 Å². The Bertz CT molecular complexity index is 1190. The van der Waals surface area contributed by atoms with Gasteiger partial charge in [-0.15, -0.1) is 11.8 Å². The number of carbonyl (C=O) groups excluding carboxylic acids is 2. The van der Waals surface area contributed by atoms with Crippen molar-refractivity contribution in [1.82, 2.24) is 10.2 Å². The molecule has 0 aliphatic rings. The third-order valence-corrected chi connectivity index (χ3v) is 7.60. The summed E-state index contributed by atoms with van der Waals surface area (Å²) in [5.74, 6) is 1.03. The predicted octanol–water partition coefficient (Wildman–Crippen LogP) is 6.95. The van der Waals surface area contributed by atoms with Crippen LogP contribution in [0.15, 0.2) is 72.8 Å². The van der Waals surface area contributed by atoms with Gasteiger partial charge in [-0.2, -0.15) is 0 Å². The smallest absolute Gasteiger partial charge is 0.243 e. The predicted molar refractivity (Wildman–Crippen MR) is 156 cm³/mol. The van der Waals surface area contributed by atoms with E-state index in [0.29, 0.717) is 28.9 Å². The van der Waals surface area contributed by atoms with Crippen LogP contribution < -0.4 is 5.32 Å². The Kier molecular flexibility index (Phi) is 11.4. The van der Waals surface area contributed by atoms with Gasteiger partial charge in [-0.3, -0.25) is 9.59 Å². The summed E-state index contributed by atoms with van der Waals surface area (Å²) >= 11 is 14.0. The van der Waals surface area contributed by atoms with Gasteiger partial charge in [0, 0.05) is 25.3 Å². The molecule has 3 aromatic carbocycles. The van der Waals surface area contributed by atoms with E-state index in [2.05, 4.69) is 30.4 Å². The molecule has 0 aliphatic heterocycles. The van der Waals surface area contributed by atoms with Crippen molar-refractivity contribution in [3.8, 4) is 0 Å². The normalized spacial score (nSPS) is 11.8. The van der Waals surface area contributed by atoms with Crippen molar-refractivity contribution in [1.29, 1.82) is 0 Å². The summed E-state index contributed by atoms with van der Waals surface area (Å²) in [6.07, 6.45) is 0.417. The maximum absolute atomic E-state index is 13.7. The Morgan fingerprint density at radius 3 is 2.30 bits per heavy atom. The van der Waals surface area contributed by atoms with Gasteiger partial charge in [-0.1, -0.05) is 103 Å². The fourth-order valence-corrected chi connectivity index (χ4v) is 5.13. The van der Waals surface area contributed by atoms with Gasteiger partial charge in [0.05, 0.1) is 15.8 Å². The third-order valence-electron chi connectivity index (χ3n) is 5.87. The number of nitrogens with zero attached hydrogens (tertiary/aromatic N) is 1. The van der Waals surface area contributed by atoms with E-state index in [1.165, 1.54) is 11.1 Å². The van der Waals surface area contributed by atoms with Crippen LogP contribution in [0.5, 0.6) is 0 Å². The van der Waals surface area contributed by atoms with Gasteiger partial charge in [0.1, 0.15) is 6.04 Å². The first-order chi connectivity index (χ1) is 17.7. The number of carbonyl (C=O) groups is 2. The Morgan fingerprint density at radius 2 is 1.62 bits per heavy atom. The Labute approximate surface area is 234 Å². The van der Waals surface area contributed by atoms with Gasteiger partial charge in [-0.05, 0) is 41.7 Å². The van der Waals surface area contributed by atoms with Crippen LogP contribution in [0.1, 0.15) is 36.1 Å². The lowest BCUT2D eigenvalue weighted by Crippen LogP contribution is -2.51. The quantitative estimate of drug-likeness (QED) is 0.262. The van der Waals surface area contributed by atoms with Gasteiger partial charge < -0.3 is 10.2 Å². The molecule has 0 spiro atoms. The molecule has 3 rings (SSSR count). The van der Waals surface area contributed by atoms with E-state index < -0.39 is 6.04 Å². The molecule has 0 radical (unpaired) electrons. The topological polar surface area (TPSA) is 49.4 Å². The molecule has 0 heterocycles. The Balaban J connectivity index is 1.86. The number of amides is 2. The van der Waals surface area contributed by atoms with Crippen LogP contribution in [-0.2, 0) is 28.3 Å². The summed E-state index contributed by atoms with van der Waals surface area (Å²) in [7, 11) is 0. The number of hydrogen-bond acceptors (Lipinski definition) is 3.